The molecule has 0 amide bonds. The van der Waals surface area contributed by atoms with E-state index in [0.717, 1.165) is 31.1 Å². The molecule has 0 aromatic heterocycles. The highest BCUT2D eigenvalue weighted by molar-refractivity contribution is 5.92. The molecule has 4 aliphatic rings. The smallest absolute Gasteiger partial charge is 0.155 e. The van der Waals surface area contributed by atoms with Crippen LogP contribution >= 0.6 is 0 Å². The number of carbonyl (C=O) groups is 1. The van der Waals surface area contributed by atoms with Gasteiger partial charge in [-0.15, -0.1) is 0 Å². The highest BCUT2D eigenvalue weighted by Gasteiger charge is 2.59. The van der Waals surface area contributed by atoms with Gasteiger partial charge in [0.2, 0.25) is 0 Å². The van der Waals surface area contributed by atoms with Gasteiger partial charge in [0.1, 0.15) is 0 Å². The SMILES string of the molecule is C/C=C/[C@@]1(C)CC[C@H]2C3CCC4=CC(=O)CC[C@]4(C)C3=CC[C@@]21C. The average Bonchev–Trinajstić information content (AvgIpc) is 2.80. The number of rotatable bonds is 1. The van der Waals surface area contributed by atoms with Crippen LogP contribution < -0.4 is 0 Å². The van der Waals surface area contributed by atoms with Gasteiger partial charge in [0.25, 0.3) is 0 Å². The molecule has 0 N–H and O–H groups in total. The Bertz CT molecular complexity index is 666. The minimum absolute atomic E-state index is 0.178. The van der Waals surface area contributed by atoms with E-state index in [1.807, 2.05) is 6.08 Å². The molecule has 0 heterocycles. The van der Waals surface area contributed by atoms with E-state index in [0.29, 0.717) is 16.6 Å². The van der Waals surface area contributed by atoms with Crippen molar-refractivity contribution in [3.05, 3.63) is 35.5 Å². The van der Waals surface area contributed by atoms with Gasteiger partial charge in [-0.05, 0) is 74.2 Å². The fourth-order valence-corrected chi connectivity index (χ4v) is 6.78. The van der Waals surface area contributed by atoms with E-state index in [1.165, 1.54) is 31.3 Å². The Balaban J connectivity index is 1.76. The Labute approximate surface area is 147 Å². The highest BCUT2D eigenvalue weighted by Crippen LogP contribution is 2.68. The fourth-order valence-electron chi connectivity index (χ4n) is 6.78. The normalized spacial score (nSPS) is 47.8. The predicted molar refractivity (Wildman–Crippen MR) is 99.6 cm³/mol. The third-order valence-corrected chi connectivity index (χ3v) is 8.54. The lowest BCUT2D eigenvalue weighted by atomic mass is 9.49. The Morgan fingerprint density at radius 2 is 1.92 bits per heavy atom. The first-order valence-corrected chi connectivity index (χ1v) is 9.92. The van der Waals surface area contributed by atoms with E-state index >= 15 is 0 Å². The summed E-state index contributed by atoms with van der Waals surface area (Å²) in [5.74, 6) is 1.91. The Kier molecular flexibility index (Phi) is 3.54. The van der Waals surface area contributed by atoms with Gasteiger partial charge < -0.3 is 0 Å². The maximum Gasteiger partial charge on any atom is 0.155 e. The van der Waals surface area contributed by atoms with Crippen LogP contribution in [-0.2, 0) is 4.79 Å². The number of ketones is 1. The zero-order chi connectivity index (χ0) is 17.2. The van der Waals surface area contributed by atoms with E-state index in [9.17, 15) is 4.79 Å². The molecule has 0 saturated heterocycles. The standard InChI is InChI=1S/C23H32O/c1-5-11-21(2)12-9-20-18-7-6-16-15-17(24)8-13-22(16,3)19(18)10-14-23(20,21)4/h5,10-11,15,18,20H,6-9,12-14H2,1-4H3/b11-5+/t18?,20-,21-,22-,23-/m0/s1. The number of fused-ring (bicyclic) bond motifs is 5. The molecule has 5 atom stereocenters. The van der Waals surface area contributed by atoms with Crippen molar-refractivity contribution in [1.82, 2.24) is 0 Å². The molecule has 1 heteroatoms. The van der Waals surface area contributed by atoms with Crippen molar-refractivity contribution in [3.8, 4) is 0 Å². The monoisotopic (exact) mass is 324 g/mol. The third kappa shape index (κ3) is 1.96. The topological polar surface area (TPSA) is 17.1 Å². The first-order valence-electron chi connectivity index (χ1n) is 9.92. The van der Waals surface area contributed by atoms with Crippen LogP contribution in [0, 0.1) is 28.1 Å². The van der Waals surface area contributed by atoms with Gasteiger partial charge in [0, 0.05) is 11.8 Å². The number of hydrogen-bond donors (Lipinski definition) is 0. The summed E-state index contributed by atoms with van der Waals surface area (Å²) in [6, 6.07) is 0. The number of allylic oxidation sites excluding steroid dienone is 6. The van der Waals surface area contributed by atoms with Gasteiger partial charge in [0.15, 0.2) is 5.78 Å². The van der Waals surface area contributed by atoms with Crippen molar-refractivity contribution < 1.29 is 4.79 Å². The molecule has 0 aromatic carbocycles. The molecule has 0 aromatic rings. The third-order valence-electron chi connectivity index (χ3n) is 8.54. The molecule has 4 rings (SSSR count). The van der Waals surface area contributed by atoms with E-state index < -0.39 is 0 Å². The van der Waals surface area contributed by atoms with Gasteiger partial charge in [-0.2, -0.15) is 0 Å². The summed E-state index contributed by atoms with van der Waals surface area (Å²) in [7, 11) is 0. The predicted octanol–water partition coefficient (Wildman–Crippen LogP) is 6.02. The summed E-state index contributed by atoms with van der Waals surface area (Å²) in [5, 5.41) is 0. The zero-order valence-electron chi connectivity index (χ0n) is 15.8. The largest absolute Gasteiger partial charge is 0.295 e. The van der Waals surface area contributed by atoms with Crippen LogP contribution in [0.2, 0.25) is 0 Å². The molecule has 0 bridgehead atoms. The van der Waals surface area contributed by atoms with Crippen molar-refractivity contribution >= 4 is 5.78 Å². The van der Waals surface area contributed by atoms with Crippen LogP contribution in [0.1, 0.15) is 72.6 Å². The first-order chi connectivity index (χ1) is 11.3. The summed E-state index contributed by atoms with van der Waals surface area (Å²) in [4.78, 5) is 11.9. The van der Waals surface area contributed by atoms with Crippen LogP contribution in [0.4, 0.5) is 0 Å². The van der Waals surface area contributed by atoms with Gasteiger partial charge in [-0.3, -0.25) is 4.79 Å². The van der Waals surface area contributed by atoms with Crippen LogP contribution in [-0.4, -0.2) is 5.78 Å². The van der Waals surface area contributed by atoms with Crippen molar-refractivity contribution in [1.29, 1.82) is 0 Å². The molecule has 0 spiro atoms. The molecule has 2 fully saturated rings. The molecular weight excluding hydrogens is 292 g/mol. The number of carbonyl (C=O) groups excluding carboxylic acids is 1. The summed E-state index contributed by atoms with van der Waals surface area (Å²) >= 11 is 0. The molecule has 0 aliphatic heterocycles. The molecule has 130 valence electrons. The minimum atomic E-state index is 0.178. The van der Waals surface area contributed by atoms with E-state index in [4.69, 9.17) is 0 Å². The quantitative estimate of drug-likeness (QED) is 0.539. The van der Waals surface area contributed by atoms with Crippen LogP contribution in [0.3, 0.4) is 0 Å². The Morgan fingerprint density at radius 3 is 2.67 bits per heavy atom. The second-order valence-electron chi connectivity index (χ2n) is 9.46. The van der Waals surface area contributed by atoms with E-state index in [2.05, 4.69) is 45.9 Å². The molecule has 4 aliphatic carbocycles. The second-order valence-corrected chi connectivity index (χ2v) is 9.46. The van der Waals surface area contributed by atoms with E-state index in [-0.39, 0.29) is 5.41 Å². The average molecular weight is 325 g/mol. The maximum absolute atomic E-state index is 11.9. The summed E-state index contributed by atoms with van der Waals surface area (Å²) in [6.07, 6.45) is 17.4. The summed E-state index contributed by atoms with van der Waals surface area (Å²) in [5.41, 5.74) is 4.04. The lowest BCUT2D eigenvalue weighted by Gasteiger charge is -2.55. The fraction of sp³-hybridized carbons (Fsp3) is 0.696. The van der Waals surface area contributed by atoms with Crippen molar-refractivity contribution in [2.75, 3.05) is 0 Å². The van der Waals surface area contributed by atoms with Crippen LogP contribution in [0.25, 0.3) is 0 Å². The Hall–Kier alpha value is -1.11. The lowest BCUT2D eigenvalue weighted by Crippen LogP contribution is -2.46. The van der Waals surface area contributed by atoms with Gasteiger partial charge in [-0.1, -0.05) is 50.1 Å². The maximum atomic E-state index is 11.9. The summed E-state index contributed by atoms with van der Waals surface area (Å²) in [6.45, 7) is 9.63. The van der Waals surface area contributed by atoms with Crippen molar-refractivity contribution in [2.24, 2.45) is 28.1 Å². The second kappa shape index (κ2) is 5.19. The van der Waals surface area contributed by atoms with Gasteiger partial charge in [0.05, 0.1) is 0 Å². The van der Waals surface area contributed by atoms with Crippen molar-refractivity contribution in [2.45, 2.75) is 72.6 Å². The molecule has 1 unspecified atom stereocenters. The minimum Gasteiger partial charge on any atom is -0.295 e. The number of hydrogen-bond acceptors (Lipinski definition) is 1. The van der Waals surface area contributed by atoms with Gasteiger partial charge >= 0.3 is 0 Å². The Morgan fingerprint density at radius 1 is 1.12 bits per heavy atom. The molecule has 24 heavy (non-hydrogen) atoms. The zero-order valence-corrected chi connectivity index (χ0v) is 15.8. The highest BCUT2D eigenvalue weighted by atomic mass is 16.1. The van der Waals surface area contributed by atoms with Crippen LogP contribution in [0.15, 0.2) is 35.5 Å². The summed E-state index contributed by atoms with van der Waals surface area (Å²) < 4.78 is 0. The molecular formula is C23H32O. The van der Waals surface area contributed by atoms with Gasteiger partial charge in [-0.25, -0.2) is 0 Å². The molecule has 0 radical (unpaired) electrons. The lowest BCUT2D eigenvalue weighted by molar-refractivity contribution is -0.115. The molecule has 1 nitrogen and oxygen atoms in total. The molecule has 2 saturated carbocycles. The van der Waals surface area contributed by atoms with E-state index in [1.54, 1.807) is 5.57 Å². The first kappa shape index (κ1) is 16.4. The van der Waals surface area contributed by atoms with Crippen molar-refractivity contribution in [3.63, 3.8) is 0 Å². The van der Waals surface area contributed by atoms with Crippen LogP contribution in [0.5, 0.6) is 0 Å².